The summed E-state index contributed by atoms with van der Waals surface area (Å²) in [6.45, 7) is 0. The number of nitrogens with zero attached hydrogens (tertiary/aromatic N) is 3. The van der Waals surface area contributed by atoms with Gasteiger partial charge in [0.15, 0.2) is 0 Å². The molecule has 11 aromatic rings. The molecule has 0 amide bonds. The number of rotatable bonds is 8. The molecule has 9 aromatic carbocycles. The molecule has 0 spiro atoms. The first-order valence-electron chi connectivity index (χ1n) is 19.7. The Labute approximate surface area is 341 Å². The highest BCUT2D eigenvalue weighted by atomic mass is 32.1. The largest absolute Gasteiger partial charge is 0.310 e. The minimum Gasteiger partial charge on any atom is -0.310 e. The molecule has 2 heterocycles. The number of para-hydroxylation sites is 5. The van der Waals surface area contributed by atoms with Gasteiger partial charge in [-0.05, 0) is 84.4 Å². The van der Waals surface area contributed by atoms with Crippen LogP contribution in [0.25, 0.3) is 58.8 Å². The van der Waals surface area contributed by atoms with E-state index in [1.54, 1.807) is 0 Å². The van der Waals surface area contributed by atoms with E-state index in [9.17, 15) is 0 Å². The Morgan fingerprint density at radius 3 is 1.66 bits per heavy atom. The summed E-state index contributed by atoms with van der Waals surface area (Å²) >= 11 is 1.85. The molecule has 0 aliphatic rings. The molecular formula is C54H37N3S. The Morgan fingerprint density at radius 2 is 0.914 bits per heavy atom. The van der Waals surface area contributed by atoms with Crippen molar-refractivity contribution in [3.05, 3.63) is 224 Å². The van der Waals surface area contributed by atoms with Gasteiger partial charge in [-0.25, -0.2) is 0 Å². The Balaban J connectivity index is 1.28. The fourth-order valence-electron chi connectivity index (χ4n) is 8.61. The van der Waals surface area contributed by atoms with Crippen molar-refractivity contribution in [1.82, 2.24) is 4.57 Å². The molecule has 0 atom stereocenters. The van der Waals surface area contributed by atoms with Crippen LogP contribution >= 0.6 is 11.3 Å². The Kier molecular flexibility index (Phi) is 8.34. The fourth-order valence-corrected chi connectivity index (χ4v) is 9.75. The van der Waals surface area contributed by atoms with Crippen LogP contribution in [-0.4, -0.2) is 4.57 Å². The van der Waals surface area contributed by atoms with Crippen molar-refractivity contribution in [3.63, 3.8) is 0 Å². The van der Waals surface area contributed by atoms with Crippen molar-refractivity contribution in [2.24, 2.45) is 0 Å². The first-order valence-corrected chi connectivity index (χ1v) is 20.5. The van der Waals surface area contributed by atoms with Crippen LogP contribution in [0.2, 0.25) is 0 Å². The molecular weight excluding hydrogens is 723 g/mol. The lowest BCUT2D eigenvalue weighted by molar-refractivity contribution is 1.17. The minimum atomic E-state index is 1.06. The smallest absolute Gasteiger partial charge is 0.0583 e. The first kappa shape index (κ1) is 33.9. The van der Waals surface area contributed by atoms with Gasteiger partial charge in [-0.15, -0.1) is 11.3 Å². The third-order valence-corrected chi connectivity index (χ3v) is 12.3. The van der Waals surface area contributed by atoms with Crippen LogP contribution < -0.4 is 9.80 Å². The first-order chi connectivity index (χ1) is 28.8. The lowest BCUT2D eigenvalue weighted by atomic mass is 10.0. The summed E-state index contributed by atoms with van der Waals surface area (Å²) in [6, 6.07) is 81.2. The molecule has 0 fully saturated rings. The van der Waals surface area contributed by atoms with Crippen molar-refractivity contribution >= 4 is 87.4 Å². The van der Waals surface area contributed by atoms with Crippen molar-refractivity contribution in [3.8, 4) is 16.8 Å². The second-order valence-corrected chi connectivity index (χ2v) is 15.6. The third-order valence-electron chi connectivity index (χ3n) is 11.1. The van der Waals surface area contributed by atoms with E-state index in [1.807, 2.05) is 11.3 Å². The molecule has 58 heavy (non-hydrogen) atoms. The maximum Gasteiger partial charge on any atom is 0.0583 e. The summed E-state index contributed by atoms with van der Waals surface area (Å²) < 4.78 is 4.99. The van der Waals surface area contributed by atoms with Crippen molar-refractivity contribution in [2.75, 3.05) is 9.80 Å². The SMILES string of the molecule is c1ccc(-c2ccccc2N(c2ccc3c(c2)sc2ccccc23)c2cc(N(c3ccccc3)c3ccccc3)c3c4ccccc4n(-c4ccccc4)c3c2)cc1. The molecule has 0 radical (unpaired) electrons. The average Bonchev–Trinajstić information content (AvgIpc) is 3.84. The number of anilines is 6. The summed E-state index contributed by atoms with van der Waals surface area (Å²) in [5.41, 5.74) is 12.3. The summed E-state index contributed by atoms with van der Waals surface area (Å²) in [4.78, 5) is 4.89. The van der Waals surface area contributed by atoms with Crippen LogP contribution in [0, 0.1) is 0 Å². The molecule has 0 aliphatic carbocycles. The van der Waals surface area contributed by atoms with Gasteiger partial charge in [0.1, 0.15) is 0 Å². The number of thiophene rings is 1. The summed E-state index contributed by atoms with van der Waals surface area (Å²) in [7, 11) is 0. The fraction of sp³-hybridized carbons (Fsp3) is 0. The van der Waals surface area contributed by atoms with E-state index in [-0.39, 0.29) is 0 Å². The van der Waals surface area contributed by atoms with E-state index in [0.29, 0.717) is 0 Å². The number of aromatic nitrogens is 1. The van der Waals surface area contributed by atoms with Crippen LogP contribution in [0.1, 0.15) is 0 Å². The van der Waals surface area contributed by atoms with E-state index in [4.69, 9.17) is 0 Å². The van der Waals surface area contributed by atoms with Gasteiger partial charge < -0.3 is 14.4 Å². The van der Waals surface area contributed by atoms with Crippen molar-refractivity contribution in [2.45, 2.75) is 0 Å². The molecule has 4 heteroatoms. The van der Waals surface area contributed by atoms with Crippen LogP contribution in [0.4, 0.5) is 34.1 Å². The van der Waals surface area contributed by atoms with E-state index >= 15 is 0 Å². The van der Waals surface area contributed by atoms with Crippen LogP contribution in [0.3, 0.4) is 0 Å². The molecule has 0 saturated heterocycles. The highest BCUT2D eigenvalue weighted by molar-refractivity contribution is 7.25. The number of hydrogen-bond acceptors (Lipinski definition) is 3. The maximum absolute atomic E-state index is 2.47. The number of hydrogen-bond donors (Lipinski definition) is 0. The molecule has 11 rings (SSSR count). The predicted molar refractivity (Wildman–Crippen MR) is 248 cm³/mol. The lowest BCUT2D eigenvalue weighted by Crippen LogP contribution is -2.14. The third kappa shape index (κ3) is 5.73. The minimum absolute atomic E-state index is 1.06. The molecule has 0 bridgehead atoms. The summed E-state index contributed by atoms with van der Waals surface area (Å²) in [6.07, 6.45) is 0. The van der Waals surface area contributed by atoms with Gasteiger partial charge in [-0.1, -0.05) is 146 Å². The molecule has 0 aliphatic heterocycles. The van der Waals surface area contributed by atoms with Crippen LogP contribution in [-0.2, 0) is 0 Å². The zero-order chi connectivity index (χ0) is 38.4. The maximum atomic E-state index is 2.47. The zero-order valence-corrected chi connectivity index (χ0v) is 32.4. The van der Waals surface area contributed by atoms with Crippen molar-refractivity contribution < 1.29 is 0 Å². The Hall–Kier alpha value is -7.40. The molecule has 0 unspecified atom stereocenters. The molecule has 3 nitrogen and oxygen atoms in total. The number of benzene rings is 9. The number of fused-ring (bicyclic) bond motifs is 6. The van der Waals surface area contributed by atoms with Gasteiger partial charge in [0.25, 0.3) is 0 Å². The molecule has 2 aromatic heterocycles. The van der Waals surface area contributed by atoms with Gasteiger partial charge in [-0.2, -0.15) is 0 Å². The monoisotopic (exact) mass is 759 g/mol. The van der Waals surface area contributed by atoms with Gasteiger partial charge >= 0.3 is 0 Å². The normalized spacial score (nSPS) is 11.4. The topological polar surface area (TPSA) is 11.4 Å². The molecule has 0 N–H and O–H groups in total. The Morgan fingerprint density at radius 1 is 0.345 bits per heavy atom. The van der Waals surface area contributed by atoms with Crippen LogP contribution in [0.5, 0.6) is 0 Å². The molecule has 274 valence electrons. The van der Waals surface area contributed by atoms with E-state index in [1.165, 1.54) is 36.5 Å². The van der Waals surface area contributed by atoms with Crippen LogP contribution in [0.15, 0.2) is 224 Å². The summed E-state index contributed by atoms with van der Waals surface area (Å²) in [5.74, 6) is 0. The van der Waals surface area contributed by atoms with Crippen molar-refractivity contribution in [1.29, 1.82) is 0 Å². The van der Waals surface area contributed by atoms with Gasteiger partial charge in [-0.3, -0.25) is 0 Å². The van der Waals surface area contributed by atoms with Gasteiger partial charge in [0.05, 0.1) is 28.1 Å². The second kappa shape index (κ2) is 14.3. The lowest BCUT2D eigenvalue weighted by Gasteiger charge is -2.31. The quantitative estimate of drug-likeness (QED) is 0.153. The highest BCUT2D eigenvalue weighted by Gasteiger charge is 2.26. The Bertz CT molecular complexity index is 3190. The van der Waals surface area contributed by atoms with E-state index in [2.05, 4.69) is 239 Å². The van der Waals surface area contributed by atoms with E-state index in [0.717, 1.165) is 56.4 Å². The molecule has 0 saturated carbocycles. The predicted octanol–water partition coefficient (Wildman–Crippen LogP) is 15.8. The zero-order valence-electron chi connectivity index (χ0n) is 31.6. The standard InChI is InChI=1S/C54H37N3S/c1-5-19-38(20-6-1)44-27-13-16-30-48(44)56(42-33-34-46-45-28-15-18-32-52(45)58-53(46)37-42)43-35-50(55(39-21-7-2-8-22-39)40-23-9-3-10-24-40)54-47-29-14-17-31-49(47)57(51(54)36-43)41-25-11-4-12-26-41/h1-37H. The highest BCUT2D eigenvalue weighted by Crippen LogP contribution is 2.50. The average molecular weight is 760 g/mol. The van der Waals surface area contributed by atoms with Gasteiger partial charge in [0.2, 0.25) is 0 Å². The summed E-state index contributed by atoms with van der Waals surface area (Å²) in [5, 5.41) is 4.96. The van der Waals surface area contributed by atoms with E-state index < -0.39 is 0 Å². The second-order valence-electron chi connectivity index (χ2n) is 14.6. The van der Waals surface area contributed by atoms with Gasteiger partial charge in [0, 0.05) is 59.3 Å².